The number of nitrogens with one attached hydrogen (secondary N) is 1. The van der Waals surface area contributed by atoms with Crippen LogP contribution in [0.4, 0.5) is 14.9 Å². The van der Waals surface area contributed by atoms with Crippen molar-refractivity contribution in [2.75, 3.05) is 0 Å². The second-order valence-electron chi connectivity index (χ2n) is 4.76. The minimum atomic E-state index is -0.991. The number of hydrogen-bond donors (Lipinski definition) is 1. The van der Waals surface area contributed by atoms with Crippen molar-refractivity contribution in [2.24, 2.45) is 0 Å². The highest BCUT2D eigenvalue weighted by Crippen LogP contribution is 2.20. The zero-order valence-corrected chi connectivity index (χ0v) is 11.3. The summed E-state index contributed by atoms with van der Waals surface area (Å²) in [6.07, 6.45) is 1.28. The highest BCUT2D eigenvalue weighted by Gasteiger charge is 2.37. The molecule has 3 amide bonds. The normalized spacial score (nSPS) is 18.0. The third kappa shape index (κ3) is 2.99. The van der Waals surface area contributed by atoms with Gasteiger partial charge in [-0.05, 0) is 18.1 Å². The van der Waals surface area contributed by atoms with E-state index in [0.717, 1.165) is 23.5 Å². The number of nitro benzene ring substituents is 1. The van der Waals surface area contributed by atoms with Gasteiger partial charge in [0.05, 0.1) is 11.5 Å². The Hall–Kier alpha value is -2.51. The molecule has 1 N–H and O–H groups in total. The van der Waals surface area contributed by atoms with Crippen molar-refractivity contribution in [3.63, 3.8) is 0 Å². The summed E-state index contributed by atoms with van der Waals surface area (Å²) >= 11 is 0. The summed E-state index contributed by atoms with van der Waals surface area (Å²) < 4.78 is 13.5. The number of carbonyl (C=O) groups excluding carboxylic acids is 2. The Morgan fingerprint density at radius 1 is 1.43 bits per heavy atom. The number of benzene rings is 1. The van der Waals surface area contributed by atoms with Gasteiger partial charge in [-0.25, -0.2) is 4.79 Å². The molecule has 0 aliphatic carbocycles. The molecule has 0 saturated carbocycles. The smallest absolute Gasteiger partial charge is 0.325 e. The predicted molar refractivity (Wildman–Crippen MR) is 70.8 cm³/mol. The van der Waals surface area contributed by atoms with Gasteiger partial charge < -0.3 is 5.32 Å². The van der Waals surface area contributed by atoms with E-state index in [4.69, 9.17) is 0 Å². The number of rotatable bonds is 5. The third-order valence-corrected chi connectivity index (χ3v) is 3.23. The van der Waals surface area contributed by atoms with Crippen molar-refractivity contribution in [1.82, 2.24) is 10.2 Å². The van der Waals surface area contributed by atoms with Crippen LogP contribution in [0.15, 0.2) is 18.2 Å². The molecule has 1 saturated heterocycles. The lowest BCUT2D eigenvalue weighted by Crippen LogP contribution is -2.31. The van der Waals surface area contributed by atoms with Crippen LogP contribution in [0.1, 0.15) is 25.3 Å². The Labute approximate surface area is 119 Å². The number of nitrogens with zero attached hydrogens (tertiary/aromatic N) is 2. The van der Waals surface area contributed by atoms with Crippen LogP contribution in [0.3, 0.4) is 0 Å². The van der Waals surface area contributed by atoms with Gasteiger partial charge in [-0.15, -0.1) is 0 Å². The van der Waals surface area contributed by atoms with E-state index in [1.807, 2.05) is 6.92 Å². The molecular formula is C13H14FN3O4. The molecule has 1 heterocycles. The Morgan fingerprint density at radius 3 is 2.71 bits per heavy atom. The third-order valence-electron chi connectivity index (χ3n) is 3.23. The summed E-state index contributed by atoms with van der Waals surface area (Å²) in [6, 6.07) is 2.23. The van der Waals surface area contributed by atoms with Crippen molar-refractivity contribution in [1.29, 1.82) is 0 Å². The van der Waals surface area contributed by atoms with Gasteiger partial charge in [0.25, 0.3) is 5.91 Å². The zero-order valence-electron chi connectivity index (χ0n) is 11.3. The molecule has 1 aromatic rings. The first-order chi connectivity index (χ1) is 9.93. The second-order valence-corrected chi connectivity index (χ2v) is 4.76. The molecular weight excluding hydrogens is 281 g/mol. The molecule has 0 bridgehead atoms. The molecule has 0 radical (unpaired) electrons. The fourth-order valence-electron chi connectivity index (χ4n) is 2.19. The average Bonchev–Trinajstić information content (AvgIpc) is 2.67. The van der Waals surface area contributed by atoms with Crippen LogP contribution in [-0.2, 0) is 11.3 Å². The molecule has 112 valence electrons. The first-order valence-corrected chi connectivity index (χ1v) is 6.48. The van der Waals surface area contributed by atoms with Gasteiger partial charge in [0.2, 0.25) is 5.82 Å². The van der Waals surface area contributed by atoms with E-state index in [1.165, 1.54) is 6.07 Å². The first kappa shape index (κ1) is 14.9. The topological polar surface area (TPSA) is 92.6 Å². The van der Waals surface area contributed by atoms with Gasteiger partial charge in [-0.1, -0.05) is 19.4 Å². The Morgan fingerprint density at radius 2 is 2.14 bits per heavy atom. The molecule has 21 heavy (non-hydrogen) atoms. The lowest BCUT2D eigenvalue weighted by atomic mass is 10.1. The van der Waals surface area contributed by atoms with Crippen LogP contribution in [0.2, 0.25) is 0 Å². The molecule has 7 nitrogen and oxygen atoms in total. The minimum absolute atomic E-state index is 0.111. The molecule has 1 aliphatic heterocycles. The fraction of sp³-hybridized carbons (Fsp3) is 0.385. The van der Waals surface area contributed by atoms with E-state index in [1.54, 1.807) is 0 Å². The van der Waals surface area contributed by atoms with Crippen molar-refractivity contribution in [2.45, 2.75) is 32.4 Å². The SMILES string of the molecule is CCCC1NC(=O)N(Cc2ccc([N+](=O)[O-])c(F)c2)C1=O. The Kier molecular flexibility index (Phi) is 4.15. The van der Waals surface area contributed by atoms with Crippen LogP contribution < -0.4 is 5.32 Å². The van der Waals surface area contributed by atoms with Crippen LogP contribution in [0.25, 0.3) is 0 Å². The molecule has 1 fully saturated rings. The van der Waals surface area contributed by atoms with E-state index >= 15 is 0 Å². The fourth-order valence-corrected chi connectivity index (χ4v) is 2.19. The predicted octanol–water partition coefficient (Wildman–Crippen LogP) is 1.95. The summed E-state index contributed by atoms with van der Waals surface area (Å²) in [5.41, 5.74) is -0.321. The van der Waals surface area contributed by atoms with Crippen LogP contribution in [-0.4, -0.2) is 27.8 Å². The molecule has 1 unspecified atom stereocenters. The van der Waals surface area contributed by atoms with Crippen molar-refractivity contribution < 1.29 is 18.9 Å². The monoisotopic (exact) mass is 295 g/mol. The van der Waals surface area contributed by atoms with Crippen molar-refractivity contribution >= 4 is 17.6 Å². The van der Waals surface area contributed by atoms with Gasteiger partial charge in [-0.2, -0.15) is 4.39 Å². The van der Waals surface area contributed by atoms with Gasteiger partial charge in [0, 0.05) is 6.07 Å². The van der Waals surface area contributed by atoms with Gasteiger partial charge >= 0.3 is 11.7 Å². The molecule has 0 aromatic heterocycles. The number of halogens is 1. The molecule has 1 atom stereocenters. The number of urea groups is 1. The lowest BCUT2D eigenvalue weighted by molar-refractivity contribution is -0.387. The van der Waals surface area contributed by atoms with Crippen LogP contribution >= 0.6 is 0 Å². The highest BCUT2D eigenvalue weighted by atomic mass is 19.1. The number of imide groups is 1. The first-order valence-electron chi connectivity index (χ1n) is 6.48. The Balaban J connectivity index is 2.15. The second kappa shape index (κ2) is 5.86. The van der Waals surface area contributed by atoms with Crippen LogP contribution in [0, 0.1) is 15.9 Å². The summed E-state index contributed by atoms with van der Waals surface area (Å²) in [5, 5.41) is 13.1. The summed E-state index contributed by atoms with van der Waals surface area (Å²) in [4.78, 5) is 34.4. The minimum Gasteiger partial charge on any atom is -0.326 e. The summed E-state index contributed by atoms with van der Waals surface area (Å²) in [7, 11) is 0. The number of carbonyl (C=O) groups is 2. The Bertz CT molecular complexity index is 605. The highest BCUT2D eigenvalue weighted by molar-refractivity contribution is 6.04. The van der Waals surface area contributed by atoms with Crippen LogP contribution in [0.5, 0.6) is 0 Å². The molecule has 1 aliphatic rings. The van der Waals surface area contributed by atoms with E-state index in [9.17, 15) is 24.1 Å². The maximum Gasteiger partial charge on any atom is 0.325 e. The van der Waals surface area contributed by atoms with Gasteiger partial charge in [-0.3, -0.25) is 19.8 Å². The van der Waals surface area contributed by atoms with Gasteiger partial charge in [0.1, 0.15) is 6.04 Å². The van der Waals surface area contributed by atoms with E-state index in [0.29, 0.717) is 12.0 Å². The molecule has 1 aromatic carbocycles. The molecule has 8 heteroatoms. The number of nitro groups is 1. The quantitative estimate of drug-likeness (QED) is 0.510. The number of hydrogen-bond acceptors (Lipinski definition) is 4. The maximum absolute atomic E-state index is 13.5. The summed E-state index contributed by atoms with van der Waals surface area (Å²) in [6.45, 7) is 1.79. The molecule has 0 spiro atoms. The molecule has 2 rings (SSSR count). The van der Waals surface area contributed by atoms with Crippen molar-refractivity contribution in [3.8, 4) is 0 Å². The summed E-state index contributed by atoms with van der Waals surface area (Å²) in [5.74, 6) is -1.35. The van der Waals surface area contributed by atoms with E-state index in [2.05, 4.69) is 5.32 Å². The maximum atomic E-state index is 13.5. The van der Waals surface area contributed by atoms with E-state index in [-0.39, 0.29) is 12.5 Å². The number of amides is 3. The van der Waals surface area contributed by atoms with Gasteiger partial charge in [0.15, 0.2) is 0 Å². The largest absolute Gasteiger partial charge is 0.326 e. The average molecular weight is 295 g/mol. The van der Waals surface area contributed by atoms with E-state index < -0.39 is 28.5 Å². The zero-order chi connectivity index (χ0) is 15.6. The van der Waals surface area contributed by atoms with Crippen molar-refractivity contribution in [3.05, 3.63) is 39.7 Å². The lowest BCUT2D eigenvalue weighted by Gasteiger charge is -2.13. The standard InChI is InChI=1S/C13H14FN3O4/c1-2-3-10-12(18)16(13(19)15-10)7-8-4-5-11(17(20)21)9(14)6-8/h4-6,10H,2-3,7H2,1H3,(H,15,19).